The topological polar surface area (TPSA) is 55.9 Å². The third-order valence-corrected chi connectivity index (χ3v) is 0.969. The van der Waals surface area contributed by atoms with Gasteiger partial charge in [0.25, 0.3) is 0 Å². The maximum atomic E-state index is 5.08. The lowest BCUT2D eigenvalue weighted by atomic mass is 10.6. The van der Waals surface area contributed by atoms with Gasteiger partial charge >= 0.3 is 0 Å². The first-order valence-electron chi connectivity index (χ1n) is 2.29. The maximum Gasteiger partial charge on any atom is 0.137 e. The summed E-state index contributed by atoms with van der Waals surface area (Å²) in [4.78, 5) is 0. The van der Waals surface area contributed by atoms with Crippen molar-refractivity contribution in [2.24, 2.45) is 12.9 Å². The van der Waals surface area contributed by atoms with Crippen molar-refractivity contribution >= 4 is 5.82 Å². The second-order valence-electron chi connectivity index (χ2n) is 1.48. The summed E-state index contributed by atoms with van der Waals surface area (Å²) in [5.74, 6) is 5.89. The van der Waals surface area contributed by atoms with Crippen LogP contribution in [0.15, 0.2) is 12.3 Å². The Balaban J connectivity index is 2.92. The van der Waals surface area contributed by atoms with Gasteiger partial charge in [-0.05, 0) is 0 Å². The van der Waals surface area contributed by atoms with Crippen molar-refractivity contribution in [3.63, 3.8) is 0 Å². The van der Waals surface area contributed by atoms with E-state index >= 15 is 0 Å². The molecule has 1 aromatic rings. The Kier molecular flexibility index (Phi) is 1.17. The highest BCUT2D eigenvalue weighted by molar-refractivity contribution is 5.30. The smallest absolute Gasteiger partial charge is 0.137 e. The van der Waals surface area contributed by atoms with Crippen LogP contribution in [-0.4, -0.2) is 9.78 Å². The van der Waals surface area contributed by atoms with E-state index in [1.54, 1.807) is 16.9 Å². The van der Waals surface area contributed by atoms with Crippen molar-refractivity contribution < 1.29 is 0 Å². The lowest BCUT2D eigenvalue weighted by molar-refractivity contribution is 0.772. The number of aromatic nitrogens is 2. The van der Waals surface area contributed by atoms with E-state index in [2.05, 4.69) is 10.5 Å². The Morgan fingerprint density at radius 3 is 2.88 bits per heavy atom. The highest BCUT2D eigenvalue weighted by Crippen LogP contribution is 1.98. The van der Waals surface area contributed by atoms with E-state index in [0.29, 0.717) is 0 Å². The molecule has 4 heteroatoms. The Morgan fingerprint density at radius 2 is 2.62 bits per heavy atom. The maximum absolute atomic E-state index is 5.08. The minimum Gasteiger partial charge on any atom is -0.309 e. The van der Waals surface area contributed by atoms with Crippen LogP contribution in [0.2, 0.25) is 0 Å². The molecular weight excluding hydrogens is 104 g/mol. The van der Waals surface area contributed by atoms with Gasteiger partial charge in [-0.1, -0.05) is 0 Å². The molecule has 0 bridgehead atoms. The first-order valence-corrected chi connectivity index (χ1v) is 2.29. The molecule has 1 rings (SSSR count). The first kappa shape index (κ1) is 5.11. The van der Waals surface area contributed by atoms with Crippen molar-refractivity contribution in [1.82, 2.24) is 9.78 Å². The van der Waals surface area contributed by atoms with E-state index in [0.717, 1.165) is 5.82 Å². The predicted molar refractivity (Wildman–Crippen MR) is 31.0 cm³/mol. The Hall–Kier alpha value is -1.03. The normalized spacial score (nSPS) is 9.25. The lowest BCUT2D eigenvalue weighted by Gasteiger charge is -1.95. The van der Waals surface area contributed by atoms with Crippen molar-refractivity contribution in [2.75, 3.05) is 5.43 Å². The summed E-state index contributed by atoms with van der Waals surface area (Å²) in [6.45, 7) is 0. The molecule has 0 amide bonds. The number of nitrogens with two attached hydrogens (primary N) is 1. The summed E-state index contributed by atoms with van der Waals surface area (Å²) < 4.78 is 1.65. The van der Waals surface area contributed by atoms with Gasteiger partial charge in [0.05, 0.1) is 6.20 Å². The molecule has 8 heavy (non-hydrogen) atoms. The van der Waals surface area contributed by atoms with Crippen LogP contribution in [0.5, 0.6) is 0 Å². The van der Waals surface area contributed by atoms with Gasteiger partial charge in [-0.2, -0.15) is 5.10 Å². The fourth-order valence-corrected chi connectivity index (χ4v) is 0.516. The number of hydrogen-bond donors (Lipinski definition) is 2. The minimum atomic E-state index is 0.810. The number of rotatable bonds is 1. The SMILES string of the molecule is Cn1nccc1NN. The van der Waals surface area contributed by atoms with Crippen molar-refractivity contribution in [3.8, 4) is 0 Å². The van der Waals surface area contributed by atoms with E-state index in [4.69, 9.17) is 5.84 Å². The monoisotopic (exact) mass is 112 g/mol. The number of nitrogen functional groups attached to an aromatic ring is 1. The molecule has 0 aliphatic rings. The summed E-state index contributed by atoms with van der Waals surface area (Å²) in [5.41, 5.74) is 2.48. The molecule has 0 spiro atoms. The molecule has 0 saturated heterocycles. The summed E-state index contributed by atoms with van der Waals surface area (Å²) >= 11 is 0. The fourth-order valence-electron chi connectivity index (χ4n) is 0.516. The zero-order valence-electron chi connectivity index (χ0n) is 4.63. The molecule has 0 atom stereocenters. The third kappa shape index (κ3) is 0.651. The van der Waals surface area contributed by atoms with Crippen molar-refractivity contribution in [2.45, 2.75) is 0 Å². The van der Waals surface area contributed by atoms with Gasteiger partial charge in [-0.25, -0.2) is 5.84 Å². The lowest BCUT2D eigenvalue weighted by Crippen LogP contribution is -2.10. The fraction of sp³-hybridized carbons (Fsp3) is 0.250. The molecule has 0 unspecified atom stereocenters. The third-order valence-electron chi connectivity index (χ3n) is 0.969. The van der Waals surface area contributed by atoms with E-state index in [-0.39, 0.29) is 0 Å². The molecule has 0 radical (unpaired) electrons. The van der Waals surface area contributed by atoms with Crippen molar-refractivity contribution in [3.05, 3.63) is 12.3 Å². The van der Waals surface area contributed by atoms with E-state index < -0.39 is 0 Å². The molecule has 0 aliphatic heterocycles. The van der Waals surface area contributed by atoms with Gasteiger partial charge < -0.3 is 5.43 Å². The largest absolute Gasteiger partial charge is 0.309 e. The Morgan fingerprint density at radius 1 is 1.88 bits per heavy atom. The second-order valence-corrected chi connectivity index (χ2v) is 1.48. The molecular formula is C4H8N4. The highest BCUT2D eigenvalue weighted by Gasteiger charge is 1.89. The van der Waals surface area contributed by atoms with Crippen LogP contribution >= 0.6 is 0 Å². The number of anilines is 1. The summed E-state index contributed by atoms with van der Waals surface area (Å²) in [6.07, 6.45) is 1.68. The molecule has 3 N–H and O–H groups in total. The van der Waals surface area contributed by atoms with Gasteiger partial charge in [-0.3, -0.25) is 4.68 Å². The molecule has 0 aromatic carbocycles. The number of nitrogens with zero attached hydrogens (tertiary/aromatic N) is 2. The first-order chi connectivity index (χ1) is 3.84. The number of hydrogen-bond acceptors (Lipinski definition) is 3. The molecule has 1 heterocycles. The van der Waals surface area contributed by atoms with Crippen LogP contribution in [0.3, 0.4) is 0 Å². The summed E-state index contributed by atoms with van der Waals surface area (Å²) in [5, 5.41) is 3.86. The number of hydrazine groups is 1. The molecule has 4 nitrogen and oxygen atoms in total. The van der Waals surface area contributed by atoms with Gasteiger partial charge in [-0.15, -0.1) is 0 Å². The van der Waals surface area contributed by atoms with Crippen LogP contribution < -0.4 is 11.3 Å². The molecule has 1 aromatic heterocycles. The minimum absolute atomic E-state index is 0.810. The van der Waals surface area contributed by atoms with E-state index in [1.807, 2.05) is 7.05 Å². The van der Waals surface area contributed by atoms with Crippen LogP contribution in [0.4, 0.5) is 5.82 Å². The summed E-state index contributed by atoms with van der Waals surface area (Å²) in [7, 11) is 1.81. The van der Waals surface area contributed by atoms with Crippen LogP contribution in [0.1, 0.15) is 0 Å². The van der Waals surface area contributed by atoms with Gasteiger partial charge in [0.1, 0.15) is 5.82 Å². The van der Waals surface area contributed by atoms with Crippen LogP contribution in [-0.2, 0) is 7.05 Å². The Bertz CT molecular complexity index is 168. The highest BCUT2D eigenvalue weighted by atomic mass is 15.4. The van der Waals surface area contributed by atoms with Gasteiger partial charge in [0.2, 0.25) is 0 Å². The standard InChI is InChI=1S/C4H8N4/c1-8-4(7-5)2-3-6-8/h2-3,7H,5H2,1H3. The van der Waals surface area contributed by atoms with Crippen LogP contribution in [0.25, 0.3) is 0 Å². The van der Waals surface area contributed by atoms with Crippen molar-refractivity contribution in [1.29, 1.82) is 0 Å². The molecule has 0 aliphatic carbocycles. The number of aryl methyl sites for hydroxylation is 1. The Labute approximate surface area is 47.3 Å². The van der Waals surface area contributed by atoms with Gasteiger partial charge in [0, 0.05) is 13.1 Å². The molecule has 0 saturated carbocycles. The number of nitrogens with one attached hydrogen (secondary N) is 1. The van der Waals surface area contributed by atoms with E-state index in [9.17, 15) is 0 Å². The average Bonchev–Trinajstić information content (AvgIpc) is 2.14. The zero-order valence-corrected chi connectivity index (χ0v) is 4.63. The predicted octanol–water partition coefficient (Wildman–Crippen LogP) is -0.294. The molecule has 0 fully saturated rings. The quantitative estimate of drug-likeness (QED) is 0.387. The van der Waals surface area contributed by atoms with E-state index in [1.165, 1.54) is 0 Å². The summed E-state index contributed by atoms with van der Waals surface area (Å²) in [6, 6.07) is 1.79. The average molecular weight is 112 g/mol. The van der Waals surface area contributed by atoms with Gasteiger partial charge in [0.15, 0.2) is 0 Å². The van der Waals surface area contributed by atoms with Crippen LogP contribution in [0, 0.1) is 0 Å². The molecule has 44 valence electrons. The second kappa shape index (κ2) is 1.83. The zero-order chi connectivity index (χ0) is 5.98.